The number of rotatable bonds is 0. The molecule has 4 aromatic rings. The summed E-state index contributed by atoms with van der Waals surface area (Å²) in [6.45, 7) is 11.9. The van der Waals surface area contributed by atoms with E-state index in [1.165, 1.54) is 60.5 Å². The van der Waals surface area contributed by atoms with Crippen LogP contribution < -0.4 is 0 Å². The van der Waals surface area contributed by atoms with Crippen molar-refractivity contribution < 1.29 is 0 Å². The molecular weight excluding hydrogens is 324 g/mol. The molecule has 0 heterocycles. The molecule has 0 N–H and O–H groups in total. The molecule has 2 aliphatic carbocycles. The minimum Gasteiger partial charge on any atom is -0.0616 e. The van der Waals surface area contributed by atoms with Crippen molar-refractivity contribution in [2.24, 2.45) is 0 Å². The fraction of sp³-hybridized carbons (Fsp3) is 0.259. The molecule has 0 fully saturated rings. The smallest absolute Gasteiger partial charge is 0.0165 e. The molecule has 4 aromatic carbocycles. The van der Waals surface area contributed by atoms with Crippen LogP contribution in [0.1, 0.15) is 55.5 Å². The SMILES string of the molecule is Cc1c2ccccc2c2c3c4c(ccc13)C(C)(C)c1cccc(c1-4)C2(C)C. The first kappa shape index (κ1) is 15.5. The van der Waals surface area contributed by atoms with E-state index >= 15 is 0 Å². The summed E-state index contributed by atoms with van der Waals surface area (Å²) < 4.78 is 0. The number of fused-ring (bicyclic) bond motifs is 2. The van der Waals surface area contributed by atoms with Gasteiger partial charge in [0.2, 0.25) is 0 Å². The predicted molar refractivity (Wildman–Crippen MR) is 116 cm³/mol. The quantitative estimate of drug-likeness (QED) is 0.294. The van der Waals surface area contributed by atoms with Gasteiger partial charge >= 0.3 is 0 Å². The predicted octanol–water partition coefficient (Wildman–Crippen LogP) is 7.25. The lowest BCUT2D eigenvalue weighted by atomic mass is 9.66. The summed E-state index contributed by atoms with van der Waals surface area (Å²) in [6, 6.07) is 20.7. The van der Waals surface area contributed by atoms with Crippen molar-refractivity contribution in [1.82, 2.24) is 0 Å². The maximum absolute atomic E-state index is 2.42. The molecule has 0 saturated carbocycles. The van der Waals surface area contributed by atoms with Gasteiger partial charge in [0.15, 0.2) is 0 Å². The number of benzene rings is 4. The van der Waals surface area contributed by atoms with Crippen LogP contribution in [0.4, 0.5) is 0 Å². The minimum atomic E-state index is -0.0110. The van der Waals surface area contributed by atoms with Crippen molar-refractivity contribution in [2.45, 2.75) is 45.4 Å². The van der Waals surface area contributed by atoms with Gasteiger partial charge in [-0.15, -0.1) is 0 Å². The number of aryl methyl sites for hydroxylation is 1. The maximum atomic E-state index is 2.42. The monoisotopic (exact) mass is 348 g/mol. The first-order chi connectivity index (χ1) is 12.8. The van der Waals surface area contributed by atoms with Gasteiger partial charge in [-0.1, -0.05) is 82.3 Å². The highest BCUT2D eigenvalue weighted by Crippen LogP contribution is 2.60. The summed E-state index contributed by atoms with van der Waals surface area (Å²) in [5.41, 5.74) is 10.5. The van der Waals surface area contributed by atoms with Crippen LogP contribution in [0.5, 0.6) is 0 Å². The normalized spacial score (nSPS) is 17.7. The second-order valence-corrected chi connectivity index (χ2v) is 9.43. The molecule has 0 atom stereocenters. The number of hydrogen-bond donors (Lipinski definition) is 0. The minimum absolute atomic E-state index is 0.0110. The van der Waals surface area contributed by atoms with E-state index in [4.69, 9.17) is 0 Å². The lowest BCUT2D eigenvalue weighted by Gasteiger charge is -2.36. The molecule has 0 nitrogen and oxygen atoms in total. The van der Waals surface area contributed by atoms with E-state index in [1.807, 2.05) is 0 Å². The van der Waals surface area contributed by atoms with Crippen LogP contribution in [-0.4, -0.2) is 0 Å². The average Bonchev–Trinajstić information content (AvgIpc) is 2.89. The third kappa shape index (κ3) is 1.54. The topological polar surface area (TPSA) is 0 Å². The Morgan fingerprint density at radius 2 is 1.19 bits per heavy atom. The summed E-state index contributed by atoms with van der Waals surface area (Å²) in [5.74, 6) is 0. The molecule has 27 heavy (non-hydrogen) atoms. The van der Waals surface area contributed by atoms with Crippen molar-refractivity contribution in [1.29, 1.82) is 0 Å². The summed E-state index contributed by atoms with van der Waals surface area (Å²) in [5, 5.41) is 5.74. The van der Waals surface area contributed by atoms with Crippen molar-refractivity contribution in [3.8, 4) is 11.1 Å². The molecule has 0 heteroatoms. The Kier molecular flexibility index (Phi) is 2.54. The largest absolute Gasteiger partial charge is 0.0616 e. The molecule has 0 amide bonds. The van der Waals surface area contributed by atoms with E-state index < -0.39 is 0 Å². The zero-order valence-corrected chi connectivity index (χ0v) is 16.7. The summed E-state index contributed by atoms with van der Waals surface area (Å²) in [6.07, 6.45) is 0. The Balaban J connectivity index is 2.02. The van der Waals surface area contributed by atoms with Crippen LogP contribution in [0.3, 0.4) is 0 Å². The van der Waals surface area contributed by atoms with Crippen LogP contribution in [-0.2, 0) is 10.8 Å². The number of hydrogen-bond acceptors (Lipinski definition) is 0. The van der Waals surface area contributed by atoms with Gasteiger partial charge in [-0.3, -0.25) is 0 Å². The lowest BCUT2D eigenvalue weighted by molar-refractivity contribution is 0.643. The van der Waals surface area contributed by atoms with E-state index in [-0.39, 0.29) is 10.8 Å². The second-order valence-electron chi connectivity index (χ2n) is 9.43. The van der Waals surface area contributed by atoms with Crippen molar-refractivity contribution in [3.63, 3.8) is 0 Å². The van der Waals surface area contributed by atoms with Crippen molar-refractivity contribution in [2.75, 3.05) is 0 Å². The lowest BCUT2D eigenvalue weighted by Crippen LogP contribution is -2.24. The molecule has 2 aliphatic rings. The molecule has 0 spiro atoms. The highest BCUT2D eigenvalue weighted by molar-refractivity contribution is 6.16. The first-order valence-corrected chi connectivity index (χ1v) is 9.98. The van der Waals surface area contributed by atoms with E-state index in [0.717, 1.165) is 0 Å². The van der Waals surface area contributed by atoms with Gasteiger partial charge in [0.25, 0.3) is 0 Å². The van der Waals surface area contributed by atoms with Crippen molar-refractivity contribution >= 4 is 21.5 Å². The van der Waals surface area contributed by atoms with E-state index in [9.17, 15) is 0 Å². The summed E-state index contributed by atoms with van der Waals surface area (Å²) in [7, 11) is 0. The molecule has 0 aliphatic heterocycles. The molecule has 0 saturated heterocycles. The Hall–Kier alpha value is -2.60. The van der Waals surface area contributed by atoms with Gasteiger partial charge in [-0.25, -0.2) is 0 Å². The fourth-order valence-corrected chi connectivity index (χ4v) is 6.06. The average molecular weight is 348 g/mol. The second kappa shape index (κ2) is 4.44. The van der Waals surface area contributed by atoms with E-state index in [1.54, 1.807) is 0 Å². The summed E-state index contributed by atoms with van der Waals surface area (Å²) >= 11 is 0. The Bertz CT molecular complexity index is 1320. The Labute approximate surface area is 160 Å². The highest BCUT2D eigenvalue weighted by Gasteiger charge is 2.45. The van der Waals surface area contributed by atoms with Gasteiger partial charge in [0.1, 0.15) is 0 Å². The van der Waals surface area contributed by atoms with Gasteiger partial charge in [-0.2, -0.15) is 0 Å². The molecular formula is C27H24. The van der Waals surface area contributed by atoms with E-state index in [2.05, 4.69) is 89.2 Å². The highest BCUT2D eigenvalue weighted by atomic mass is 14.5. The Morgan fingerprint density at radius 3 is 1.93 bits per heavy atom. The van der Waals surface area contributed by atoms with Crippen LogP contribution in [0, 0.1) is 6.92 Å². The fourth-order valence-electron chi connectivity index (χ4n) is 6.06. The molecule has 0 unspecified atom stereocenters. The zero-order chi connectivity index (χ0) is 18.7. The van der Waals surface area contributed by atoms with Gasteiger partial charge in [0, 0.05) is 10.8 Å². The van der Waals surface area contributed by atoms with Gasteiger partial charge in [0.05, 0.1) is 0 Å². The molecule has 0 aromatic heterocycles. The molecule has 0 bridgehead atoms. The Morgan fingerprint density at radius 1 is 0.556 bits per heavy atom. The maximum Gasteiger partial charge on any atom is 0.0165 e. The van der Waals surface area contributed by atoms with E-state index in [0.29, 0.717) is 0 Å². The molecule has 132 valence electrons. The first-order valence-electron chi connectivity index (χ1n) is 9.98. The summed E-state index contributed by atoms with van der Waals surface area (Å²) in [4.78, 5) is 0. The van der Waals surface area contributed by atoms with Gasteiger partial charge in [-0.05, 0) is 67.4 Å². The van der Waals surface area contributed by atoms with Crippen LogP contribution in [0.15, 0.2) is 54.6 Å². The van der Waals surface area contributed by atoms with Crippen LogP contribution in [0.2, 0.25) is 0 Å². The van der Waals surface area contributed by atoms with Crippen LogP contribution in [0.25, 0.3) is 32.7 Å². The van der Waals surface area contributed by atoms with Gasteiger partial charge < -0.3 is 0 Å². The third-order valence-electron chi connectivity index (χ3n) is 7.42. The molecule has 6 rings (SSSR count). The molecule has 0 radical (unpaired) electrons. The van der Waals surface area contributed by atoms with Crippen LogP contribution >= 0.6 is 0 Å². The standard InChI is InChI=1S/C27H24/c1-15-16-9-6-7-10-18(16)25-22-17(15)13-14-21-24(22)23-19(26(21,2)3)11-8-12-20(23)27(25,4)5/h6-14H,1-5H3. The third-order valence-corrected chi connectivity index (χ3v) is 7.42. The van der Waals surface area contributed by atoms with Crippen molar-refractivity contribution in [3.05, 3.63) is 82.4 Å². The zero-order valence-electron chi connectivity index (χ0n) is 16.7.